The summed E-state index contributed by atoms with van der Waals surface area (Å²) >= 11 is 1.21. The van der Waals surface area contributed by atoms with Crippen LogP contribution in [0.3, 0.4) is 0 Å². The summed E-state index contributed by atoms with van der Waals surface area (Å²) in [6, 6.07) is 20.6. The maximum Gasteiger partial charge on any atom is 0.338 e. The summed E-state index contributed by atoms with van der Waals surface area (Å²) in [5.41, 5.74) is 1.95. The lowest BCUT2D eigenvalue weighted by Gasteiger charge is -2.28. The zero-order chi connectivity index (χ0) is 31.7. The molecule has 0 aliphatic carbocycles. The van der Waals surface area contributed by atoms with E-state index in [0.29, 0.717) is 55.4 Å². The van der Waals surface area contributed by atoms with Crippen molar-refractivity contribution in [2.24, 2.45) is 4.99 Å². The minimum Gasteiger partial charge on any atom is -0.496 e. The van der Waals surface area contributed by atoms with E-state index in [1.807, 2.05) is 43.3 Å². The van der Waals surface area contributed by atoms with Crippen LogP contribution in [0.5, 0.6) is 5.75 Å². The molecule has 0 fully saturated rings. The van der Waals surface area contributed by atoms with Crippen LogP contribution in [0.2, 0.25) is 0 Å². The van der Waals surface area contributed by atoms with Gasteiger partial charge in [0.2, 0.25) is 0 Å². The van der Waals surface area contributed by atoms with Crippen LogP contribution >= 0.6 is 11.3 Å². The maximum atomic E-state index is 14.3. The highest BCUT2D eigenvalue weighted by Crippen LogP contribution is 2.41. The second-order valence-electron chi connectivity index (χ2n) is 10.4. The predicted octanol–water partition coefficient (Wildman–Crippen LogP) is 5.70. The predicted molar refractivity (Wildman–Crippen MR) is 171 cm³/mol. The number of benzene rings is 3. The lowest BCUT2D eigenvalue weighted by atomic mass is 9.90. The van der Waals surface area contributed by atoms with Crippen LogP contribution in [-0.2, 0) is 9.53 Å². The monoisotopic (exact) mass is 622 g/mol. The van der Waals surface area contributed by atoms with Gasteiger partial charge in [-0.1, -0.05) is 67.1 Å². The molecule has 1 atom stereocenters. The Hall–Kier alpha value is -5.22. The van der Waals surface area contributed by atoms with Crippen LogP contribution < -0.4 is 19.6 Å². The Bertz CT molecular complexity index is 2170. The second-order valence-corrected chi connectivity index (χ2v) is 11.4. The molecule has 6 rings (SSSR count). The molecule has 1 unspecified atom stereocenters. The molecule has 45 heavy (non-hydrogen) atoms. The maximum absolute atomic E-state index is 14.3. The van der Waals surface area contributed by atoms with Crippen molar-refractivity contribution in [3.63, 3.8) is 0 Å². The smallest absolute Gasteiger partial charge is 0.338 e. The number of methoxy groups -OCH3 is 1. The van der Waals surface area contributed by atoms with Crippen LogP contribution in [0.15, 0.2) is 98.3 Å². The molecule has 3 aromatic carbocycles. The Labute approximate surface area is 262 Å². The van der Waals surface area contributed by atoms with Gasteiger partial charge in [-0.2, -0.15) is 0 Å². The van der Waals surface area contributed by atoms with Gasteiger partial charge < -0.3 is 19.0 Å². The summed E-state index contributed by atoms with van der Waals surface area (Å²) in [6.45, 7) is 3.92. The summed E-state index contributed by atoms with van der Waals surface area (Å²) in [5, 5.41) is 11.2. The summed E-state index contributed by atoms with van der Waals surface area (Å²) in [5.74, 6) is -0.156. The number of nitrogens with zero attached hydrogens (tertiary/aromatic N) is 2. The first-order valence-corrected chi connectivity index (χ1v) is 15.4. The van der Waals surface area contributed by atoms with Crippen molar-refractivity contribution in [3.05, 3.63) is 121 Å². The number of hydrogen-bond acceptors (Lipinski definition) is 8. The number of thiazole rings is 1. The fourth-order valence-electron chi connectivity index (χ4n) is 5.65. The second kappa shape index (κ2) is 12.4. The summed E-state index contributed by atoms with van der Waals surface area (Å²) in [7, 11) is 1.57. The van der Waals surface area contributed by atoms with Gasteiger partial charge in [0.15, 0.2) is 4.80 Å². The van der Waals surface area contributed by atoms with Gasteiger partial charge in [0.25, 0.3) is 5.56 Å². The number of rotatable bonds is 9. The molecular formula is C35H30N2O7S. The van der Waals surface area contributed by atoms with E-state index in [4.69, 9.17) is 18.9 Å². The molecule has 1 aliphatic rings. The van der Waals surface area contributed by atoms with Crippen LogP contribution in [0.1, 0.15) is 54.4 Å². The third-order valence-electron chi connectivity index (χ3n) is 7.61. The number of ether oxygens (including phenoxy) is 2. The van der Waals surface area contributed by atoms with E-state index in [-0.39, 0.29) is 17.7 Å². The minimum atomic E-state index is -1.04. The lowest BCUT2D eigenvalue weighted by Crippen LogP contribution is -2.40. The van der Waals surface area contributed by atoms with E-state index < -0.39 is 18.0 Å². The molecule has 0 saturated heterocycles. The summed E-state index contributed by atoms with van der Waals surface area (Å²) < 4.78 is 19.3. The Morgan fingerprint density at radius 2 is 1.89 bits per heavy atom. The van der Waals surface area contributed by atoms with Crippen LogP contribution in [0.4, 0.5) is 0 Å². The number of hydrogen-bond donors (Lipinski definition) is 1. The zero-order valence-corrected chi connectivity index (χ0v) is 25.7. The van der Waals surface area contributed by atoms with Gasteiger partial charge in [0, 0.05) is 17.2 Å². The van der Waals surface area contributed by atoms with Gasteiger partial charge >= 0.3 is 11.9 Å². The highest BCUT2D eigenvalue weighted by Gasteiger charge is 2.37. The quantitative estimate of drug-likeness (QED) is 0.210. The molecule has 1 aliphatic heterocycles. The number of carboxylic acids is 1. The SMILES string of the molecule is CCCC1=C(C(=O)OCC)C(c2c(OC)ccc3ccccc23)n2c(s/c(=C/c3ccc(-c4cccc(C(=O)O)c4)o3)c2=O)=N1. The molecular weight excluding hydrogens is 592 g/mol. The number of furan rings is 1. The van der Waals surface area contributed by atoms with E-state index in [9.17, 15) is 19.5 Å². The molecule has 1 N–H and O–H groups in total. The third-order valence-corrected chi connectivity index (χ3v) is 8.59. The standard InChI is InChI=1S/C35H30N2O7S/c1-4-9-25-30(34(41)43-5-2)31(29-24-13-7-6-10-20(24)14-16-27(29)42-3)37-32(38)28(45-35(37)36-25)19-23-15-17-26(44-23)21-11-8-12-22(18-21)33(39)40/h6-8,10-19,31H,4-5,9H2,1-3H3,(H,39,40)/b28-19+. The first-order valence-electron chi connectivity index (χ1n) is 14.6. The van der Waals surface area contributed by atoms with Crippen LogP contribution in [0, 0.1) is 0 Å². The Morgan fingerprint density at radius 3 is 2.64 bits per heavy atom. The summed E-state index contributed by atoms with van der Waals surface area (Å²) in [6.07, 6.45) is 2.88. The van der Waals surface area contributed by atoms with Gasteiger partial charge in [-0.3, -0.25) is 9.36 Å². The van der Waals surface area contributed by atoms with Crippen molar-refractivity contribution in [1.82, 2.24) is 4.57 Å². The highest BCUT2D eigenvalue weighted by atomic mass is 32.1. The van der Waals surface area contributed by atoms with E-state index in [2.05, 4.69) is 0 Å². The molecule has 0 amide bonds. The van der Waals surface area contributed by atoms with Crippen molar-refractivity contribution < 1.29 is 28.6 Å². The molecule has 0 bridgehead atoms. The third kappa shape index (κ3) is 5.49. The fourth-order valence-corrected chi connectivity index (χ4v) is 6.65. The number of carbonyl (C=O) groups excluding carboxylic acids is 1. The normalized spacial score (nSPS) is 14.7. The molecule has 0 radical (unpaired) electrons. The largest absolute Gasteiger partial charge is 0.496 e. The average Bonchev–Trinajstić information content (AvgIpc) is 3.64. The average molecular weight is 623 g/mol. The number of aromatic carboxylic acids is 1. The van der Waals surface area contributed by atoms with Gasteiger partial charge in [0.05, 0.1) is 35.1 Å². The number of aromatic nitrogens is 1. The van der Waals surface area contributed by atoms with Crippen molar-refractivity contribution >= 4 is 40.1 Å². The molecule has 228 valence electrons. The number of esters is 1. The number of allylic oxidation sites excluding steroid dienone is 1. The lowest BCUT2D eigenvalue weighted by molar-refractivity contribution is -0.139. The molecule has 9 nitrogen and oxygen atoms in total. The first kappa shape index (κ1) is 29.8. The summed E-state index contributed by atoms with van der Waals surface area (Å²) in [4.78, 5) is 44.7. The van der Waals surface area contributed by atoms with Gasteiger partial charge in [0.1, 0.15) is 23.3 Å². The molecule has 2 aromatic heterocycles. The van der Waals surface area contributed by atoms with Crippen LogP contribution in [0.25, 0.3) is 28.2 Å². The van der Waals surface area contributed by atoms with Crippen molar-refractivity contribution in [2.75, 3.05) is 13.7 Å². The zero-order valence-electron chi connectivity index (χ0n) is 24.9. The molecule has 5 aromatic rings. The fraction of sp³-hybridized carbons (Fsp3) is 0.200. The number of carboxylic acid groups (broad SMARTS) is 1. The van der Waals surface area contributed by atoms with Crippen molar-refractivity contribution in [2.45, 2.75) is 32.7 Å². The van der Waals surface area contributed by atoms with Gasteiger partial charge in [-0.05, 0) is 54.4 Å². The van der Waals surface area contributed by atoms with Crippen LogP contribution in [-0.4, -0.2) is 35.3 Å². The van der Waals surface area contributed by atoms with Crippen molar-refractivity contribution in [1.29, 1.82) is 0 Å². The Morgan fingerprint density at radius 1 is 1.07 bits per heavy atom. The molecule has 0 spiro atoms. The molecule has 10 heteroatoms. The van der Waals surface area contributed by atoms with E-state index >= 15 is 0 Å². The first-order chi connectivity index (χ1) is 21.8. The Kier molecular flexibility index (Phi) is 8.23. The molecule has 0 saturated carbocycles. The van der Waals surface area contributed by atoms with E-state index in [0.717, 1.165) is 17.2 Å². The Balaban J connectivity index is 1.58. The van der Waals surface area contributed by atoms with Gasteiger partial charge in [-0.15, -0.1) is 0 Å². The topological polar surface area (TPSA) is 120 Å². The van der Waals surface area contributed by atoms with Gasteiger partial charge in [-0.25, -0.2) is 14.6 Å². The molecule has 3 heterocycles. The minimum absolute atomic E-state index is 0.142. The number of carbonyl (C=O) groups is 2. The van der Waals surface area contributed by atoms with Crippen molar-refractivity contribution in [3.8, 4) is 17.1 Å². The number of fused-ring (bicyclic) bond motifs is 2. The van der Waals surface area contributed by atoms with E-state index in [1.54, 1.807) is 48.9 Å². The van der Waals surface area contributed by atoms with E-state index in [1.165, 1.54) is 23.5 Å². The highest BCUT2D eigenvalue weighted by molar-refractivity contribution is 7.07.